The second-order valence-electron chi connectivity index (χ2n) is 5.67. The molecule has 0 aliphatic rings. The molecule has 3 rings (SSSR count). The normalized spacial score (nSPS) is 10.7. The molecule has 0 atom stereocenters. The fourth-order valence-corrected chi connectivity index (χ4v) is 2.82. The van der Waals surface area contributed by atoms with Crippen molar-refractivity contribution in [3.63, 3.8) is 0 Å². The van der Waals surface area contributed by atoms with E-state index in [0.29, 0.717) is 5.11 Å². The predicted octanol–water partition coefficient (Wildman–Crippen LogP) is 4.33. The number of nitrogens with one attached hydrogen (secondary N) is 2. The lowest BCUT2D eigenvalue weighted by atomic mass is 10.2. The van der Waals surface area contributed by atoms with Gasteiger partial charge in [0.15, 0.2) is 5.11 Å². The van der Waals surface area contributed by atoms with Crippen molar-refractivity contribution in [2.75, 3.05) is 11.9 Å². The van der Waals surface area contributed by atoms with E-state index in [1.54, 1.807) is 0 Å². The molecule has 0 fully saturated rings. The van der Waals surface area contributed by atoms with E-state index in [1.807, 2.05) is 12.1 Å². The summed E-state index contributed by atoms with van der Waals surface area (Å²) in [7, 11) is 0. The van der Waals surface area contributed by atoms with Gasteiger partial charge in [-0.2, -0.15) is 0 Å². The van der Waals surface area contributed by atoms with Gasteiger partial charge in [-0.05, 0) is 55.2 Å². The van der Waals surface area contributed by atoms with Crippen molar-refractivity contribution >= 4 is 33.9 Å². The van der Waals surface area contributed by atoms with Crippen molar-refractivity contribution in [2.24, 2.45) is 0 Å². The predicted molar refractivity (Wildman–Crippen MR) is 102 cm³/mol. The Morgan fingerprint density at radius 3 is 2.65 bits per heavy atom. The van der Waals surface area contributed by atoms with Crippen molar-refractivity contribution in [3.8, 4) is 0 Å². The Morgan fingerprint density at radius 2 is 1.83 bits per heavy atom. The first-order valence-corrected chi connectivity index (χ1v) is 8.28. The largest absolute Gasteiger partial charge is 0.362 e. The third-order valence-electron chi connectivity index (χ3n) is 3.85. The van der Waals surface area contributed by atoms with Crippen LogP contribution in [0.1, 0.15) is 12.0 Å². The standard InChI is InChI=1S/C19H21N3S/c1-15-7-9-17(10-8-15)21-19(23)20-12-4-13-22-14-11-16-5-2-3-6-18(16)22/h2-3,5-11,14H,4,12-13H2,1H3,(H2,20,21,23). The summed E-state index contributed by atoms with van der Waals surface area (Å²) in [4.78, 5) is 0. The highest BCUT2D eigenvalue weighted by Crippen LogP contribution is 2.15. The zero-order valence-corrected chi connectivity index (χ0v) is 14.1. The topological polar surface area (TPSA) is 29.0 Å². The summed E-state index contributed by atoms with van der Waals surface area (Å²) < 4.78 is 2.29. The van der Waals surface area contributed by atoms with E-state index in [1.165, 1.54) is 16.5 Å². The van der Waals surface area contributed by atoms with Crippen molar-refractivity contribution in [1.82, 2.24) is 9.88 Å². The Morgan fingerprint density at radius 1 is 1.04 bits per heavy atom. The van der Waals surface area contributed by atoms with Gasteiger partial charge in [-0.1, -0.05) is 35.9 Å². The number of aryl methyl sites for hydroxylation is 2. The smallest absolute Gasteiger partial charge is 0.170 e. The molecule has 0 saturated heterocycles. The lowest BCUT2D eigenvalue weighted by Gasteiger charge is -2.11. The molecular formula is C19H21N3S. The molecule has 0 radical (unpaired) electrons. The maximum absolute atomic E-state index is 5.33. The van der Waals surface area contributed by atoms with Crippen LogP contribution in [0.25, 0.3) is 10.9 Å². The van der Waals surface area contributed by atoms with Crippen molar-refractivity contribution < 1.29 is 0 Å². The Balaban J connectivity index is 1.44. The summed E-state index contributed by atoms with van der Waals surface area (Å²) in [5.74, 6) is 0. The molecule has 1 aromatic heterocycles. The number of aromatic nitrogens is 1. The number of hydrogen-bond acceptors (Lipinski definition) is 1. The summed E-state index contributed by atoms with van der Waals surface area (Å²) in [5, 5.41) is 8.43. The number of nitrogens with zero attached hydrogens (tertiary/aromatic N) is 1. The molecule has 0 saturated carbocycles. The van der Waals surface area contributed by atoms with Gasteiger partial charge < -0.3 is 15.2 Å². The molecular weight excluding hydrogens is 302 g/mol. The molecule has 0 aliphatic carbocycles. The number of rotatable bonds is 5. The molecule has 0 spiro atoms. The maximum Gasteiger partial charge on any atom is 0.170 e. The van der Waals surface area contributed by atoms with Crippen LogP contribution in [0.4, 0.5) is 5.69 Å². The van der Waals surface area contributed by atoms with Gasteiger partial charge in [0.25, 0.3) is 0 Å². The van der Waals surface area contributed by atoms with E-state index in [-0.39, 0.29) is 0 Å². The van der Waals surface area contributed by atoms with Gasteiger partial charge in [-0.3, -0.25) is 0 Å². The second kappa shape index (κ2) is 7.29. The lowest BCUT2D eigenvalue weighted by molar-refractivity contribution is 0.649. The zero-order chi connectivity index (χ0) is 16.1. The van der Waals surface area contributed by atoms with Gasteiger partial charge >= 0.3 is 0 Å². The molecule has 0 bridgehead atoms. The van der Waals surface area contributed by atoms with Crippen LogP contribution >= 0.6 is 12.2 Å². The minimum atomic E-state index is 0.672. The van der Waals surface area contributed by atoms with Gasteiger partial charge in [0.2, 0.25) is 0 Å². The van der Waals surface area contributed by atoms with Crippen molar-refractivity contribution in [1.29, 1.82) is 0 Å². The molecule has 2 aromatic carbocycles. The Hall–Kier alpha value is -2.33. The summed E-state index contributed by atoms with van der Waals surface area (Å²) in [6, 6.07) is 18.8. The van der Waals surface area contributed by atoms with Crippen LogP contribution in [0.3, 0.4) is 0 Å². The van der Waals surface area contributed by atoms with Crippen LogP contribution in [-0.4, -0.2) is 16.2 Å². The molecule has 4 heteroatoms. The Labute approximate surface area is 142 Å². The van der Waals surface area contributed by atoms with Crippen LogP contribution in [0.2, 0.25) is 0 Å². The highest BCUT2D eigenvalue weighted by atomic mass is 32.1. The van der Waals surface area contributed by atoms with Crippen molar-refractivity contribution in [2.45, 2.75) is 19.9 Å². The van der Waals surface area contributed by atoms with Crippen LogP contribution in [-0.2, 0) is 6.54 Å². The summed E-state index contributed by atoms with van der Waals surface area (Å²) in [6.07, 6.45) is 3.17. The van der Waals surface area contributed by atoms with Crippen molar-refractivity contribution in [3.05, 3.63) is 66.4 Å². The average molecular weight is 323 g/mol. The summed E-state index contributed by atoms with van der Waals surface area (Å²) >= 11 is 5.33. The lowest BCUT2D eigenvalue weighted by Crippen LogP contribution is -2.29. The zero-order valence-electron chi connectivity index (χ0n) is 13.3. The molecule has 23 heavy (non-hydrogen) atoms. The van der Waals surface area contributed by atoms with Gasteiger partial charge in [0.05, 0.1) is 0 Å². The average Bonchev–Trinajstić information content (AvgIpc) is 2.97. The number of fused-ring (bicyclic) bond motifs is 1. The van der Waals surface area contributed by atoms with Gasteiger partial charge in [-0.25, -0.2) is 0 Å². The molecule has 3 nitrogen and oxygen atoms in total. The number of hydrogen-bond donors (Lipinski definition) is 2. The van der Waals surface area contributed by atoms with E-state index < -0.39 is 0 Å². The molecule has 3 aromatic rings. The highest BCUT2D eigenvalue weighted by Gasteiger charge is 2.00. The highest BCUT2D eigenvalue weighted by molar-refractivity contribution is 7.80. The Bertz CT molecular complexity index is 790. The van der Waals surface area contributed by atoms with E-state index in [0.717, 1.165) is 25.2 Å². The van der Waals surface area contributed by atoms with Crippen LogP contribution in [0, 0.1) is 6.92 Å². The van der Waals surface area contributed by atoms with Gasteiger partial charge in [0, 0.05) is 30.5 Å². The quantitative estimate of drug-likeness (QED) is 0.541. The SMILES string of the molecule is Cc1ccc(NC(=S)NCCCn2ccc3ccccc32)cc1. The monoisotopic (exact) mass is 323 g/mol. The first kappa shape index (κ1) is 15.6. The first-order chi connectivity index (χ1) is 11.2. The molecule has 2 N–H and O–H groups in total. The van der Waals surface area contributed by atoms with Crippen LogP contribution < -0.4 is 10.6 Å². The van der Waals surface area contributed by atoms with E-state index in [9.17, 15) is 0 Å². The van der Waals surface area contributed by atoms with Gasteiger partial charge in [0.1, 0.15) is 0 Å². The fourth-order valence-electron chi connectivity index (χ4n) is 2.60. The minimum Gasteiger partial charge on any atom is -0.362 e. The first-order valence-electron chi connectivity index (χ1n) is 7.88. The number of anilines is 1. The third kappa shape index (κ3) is 4.11. The molecule has 1 heterocycles. The maximum atomic E-state index is 5.33. The number of thiocarbonyl (C=S) groups is 1. The minimum absolute atomic E-state index is 0.672. The van der Waals surface area contributed by atoms with Crippen LogP contribution in [0.5, 0.6) is 0 Å². The molecule has 0 aliphatic heterocycles. The van der Waals surface area contributed by atoms with E-state index in [2.05, 4.69) is 70.8 Å². The Kier molecular flexibility index (Phi) is 4.93. The molecule has 118 valence electrons. The molecule has 0 unspecified atom stereocenters. The van der Waals surface area contributed by atoms with E-state index >= 15 is 0 Å². The number of benzene rings is 2. The summed E-state index contributed by atoms with van der Waals surface area (Å²) in [5.41, 5.74) is 3.55. The van der Waals surface area contributed by atoms with E-state index in [4.69, 9.17) is 12.2 Å². The number of para-hydroxylation sites is 1. The fraction of sp³-hybridized carbons (Fsp3) is 0.211. The third-order valence-corrected chi connectivity index (χ3v) is 4.10. The van der Waals surface area contributed by atoms with Gasteiger partial charge in [-0.15, -0.1) is 0 Å². The molecule has 0 amide bonds. The summed E-state index contributed by atoms with van der Waals surface area (Å²) in [6.45, 7) is 3.91. The van der Waals surface area contributed by atoms with Crippen LogP contribution in [0.15, 0.2) is 60.8 Å². The second-order valence-corrected chi connectivity index (χ2v) is 6.08.